The van der Waals surface area contributed by atoms with Crippen molar-refractivity contribution in [1.82, 2.24) is 9.97 Å². The predicted molar refractivity (Wildman–Crippen MR) is 191 cm³/mol. The van der Waals surface area contributed by atoms with Gasteiger partial charge in [-0.1, -0.05) is 97.1 Å². The van der Waals surface area contributed by atoms with Crippen molar-refractivity contribution in [2.75, 3.05) is 0 Å². The number of furan rings is 1. The third-order valence-electron chi connectivity index (χ3n) is 8.54. The zero-order chi connectivity index (χ0) is 32.0. The van der Waals surface area contributed by atoms with Gasteiger partial charge in [-0.05, 0) is 73.9 Å². The topological polar surface area (TPSA) is 38.9 Å². The molecule has 47 heavy (non-hydrogen) atoms. The summed E-state index contributed by atoms with van der Waals surface area (Å²) in [5.74, 6) is -0.709. The van der Waals surface area contributed by atoms with E-state index in [0.29, 0.717) is 0 Å². The van der Waals surface area contributed by atoms with Crippen LogP contribution in [0.15, 0.2) is 144 Å². The SMILES string of the molecule is [2H]C(C)(C)c1ccnc(-c2[c-]ccc3c2oc2cc4c5ccccc5c5ccccc5c4cc23)c1.[Ir].[c-]1ccccc1-c1ccccn1. The van der Waals surface area contributed by atoms with Crippen molar-refractivity contribution in [3.05, 3.63) is 157 Å². The quantitative estimate of drug-likeness (QED) is 0.132. The molecule has 0 fully saturated rings. The molecule has 3 nitrogen and oxygen atoms in total. The summed E-state index contributed by atoms with van der Waals surface area (Å²) in [5.41, 5.74) is 6.14. The summed E-state index contributed by atoms with van der Waals surface area (Å²) in [7, 11) is 0. The molecule has 0 unspecified atom stereocenters. The molecule has 0 saturated heterocycles. The Morgan fingerprint density at radius 2 is 1.23 bits per heavy atom. The minimum absolute atomic E-state index is 0. The third kappa shape index (κ3) is 5.61. The maximum Gasteiger partial charge on any atom is 0.121 e. The normalized spacial score (nSPS) is 11.7. The number of hydrogen-bond acceptors (Lipinski definition) is 3. The standard InChI is InChI=1S/C32H22NO.C11H8N.Ir/c1-19(2)20-14-15-33-30(16-20)26-13-7-12-25-29-17-27-23-10-5-3-8-21(23)22-9-4-6-11-24(22)28(27)18-31(29)34-32(25)26;1-2-6-10(7-3-1)11-8-4-5-9-12-11;/h3-12,14-19H,1-2H3;1-6,8-9H;/q2*-1;/i19D;;. The Hall–Kier alpha value is -5.15. The van der Waals surface area contributed by atoms with Crippen molar-refractivity contribution in [2.45, 2.75) is 19.7 Å². The fraction of sp³-hybridized carbons (Fsp3) is 0.0698. The molecule has 9 aromatic rings. The van der Waals surface area contributed by atoms with Gasteiger partial charge in [-0.25, -0.2) is 0 Å². The summed E-state index contributed by atoms with van der Waals surface area (Å²) in [5, 5.41) is 9.52. The van der Waals surface area contributed by atoms with Crippen LogP contribution in [-0.4, -0.2) is 9.97 Å². The van der Waals surface area contributed by atoms with Crippen LogP contribution in [0.2, 0.25) is 0 Å². The van der Waals surface area contributed by atoms with E-state index < -0.39 is 5.89 Å². The molecule has 9 rings (SSSR count). The Morgan fingerprint density at radius 1 is 0.574 bits per heavy atom. The van der Waals surface area contributed by atoms with Gasteiger partial charge in [0.05, 0.1) is 5.58 Å². The molecule has 229 valence electrons. The van der Waals surface area contributed by atoms with Crippen LogP contribution in [-0.2, 0) is 20.1 Å². The first-order valence-corrected chi connectivity index (χ1v) is 15.4. The number of rotatable bonds is 3. The molecule has 0 spiro atoms. The first kappa shape index (κ1) is 29.3. The summed E-state index contributed by atoms with van der Waals surface area (Å²) in [6.45, 7) is 3.77. The van der Waals surface area contributed by atoms with Crippen molar-refractivity contribution < 1.29 is 25.9 Å². The van der Waals surface area contributed by atoms with Crippen molar-refractivity contribution in [3.8, 4) is 22.5 Å². The Bertz CT molecular complexity index is 2520. The van der Waals surface area contributed by atoms with E-state index in [1.165, 1.54) is 32.3 Å². The number of fused-ring (bicyclic) bond motifs is 9. The van der Waals surface area contributed by atoms with E-state index in [4.69, 9.17) is 5.79 Å². The van der Waals surface area contributed by atoms with Crippen molar-refractivity contribution in [1.29, 1.82) is 0 Å². The van der Waals surface area contributed by atoms with E-state index in [1.54, 1.807) is 12.4 Å². The third-order valence-corrected chi connectivity index (χ3v) is 8.54. The molecule has 3 heterocycles. The number of aromatic nitrogens is 2. The molecule has 0 aliphatic rings. The number of pyridine rings is 2. The van der Waals surface area contributed by atoms with Crippen LogP contribution in [0.25, 0.3) is 76.8 Å². The molecule has 0 atom stereocenters. The Balaban J connectivity index is 0.000000237. The molecule has 1 radical (unpaired) electrons. The second-order valence-electron chi connectivity index (χ2n) is 11.6. The van der Waals surface area contributed by atoms with Gasteiger partial charge >= 0.3 is 0 Å². The minimum Gasteiger partial charge on any atom is -0.501 e. The summed E-state index contributed by atoms with van der Waals surface area (Å²) in [4.78, 5) is 8.82. The Labute approximate surface area is 288 Å². The van der Waals surface area contributed by atoms with Gasteiger partial charge in [-0.15, -0.1) is 54.1 Å². The maximum atomic E-state index is 8.44. The summed E-state index contributed by atoms with van der Waals surface area (Å²) >= 11 is 0. The smallest absolute Gasteiger partial charge is 0.121 e. The molecule has 3 aromatic heterocycles. The van der Waals surface area contributed by atoms with E-state index in [2.05, 4.69) is 88.8 Å². The van der Waals surface area contributed by atoms with Crippen LogP contribution in [0.5, 0.6) is 0 Å². The fourth-order valence-electron chi connectivity index (χ4n) is 6.28. The van der Waals surface area contributed by atoms with Gasteiger partial charge in [-0.2, -0.15) is 0 Å². The summed E-state index contributed by atoms with van der Waals surface area (Å²) < 4.78 is 15.0. The van der Waals surface area contributed by atoms with E-state index in [-0.39, 0.29) is 20.1 Å². The van der Waals surface area contributed by atoms with E-state index >= 15 is 0 Å². The van der Waals surface area contributed by atoms with Crippen LogP contribution in [0.3, 0.4) is 0 Å². The molecule has 4 heteroatoms. The van der Waals surface area contributed by atoms with Gasteiger partial charge in [0, 0.05) is 39.3 Å². The molecule has 0 amide bonds. The fourth-order valence-corrected chi connectivity index (χ4v) is 6.28. The van der Waals surface area contributed by atoms with Crippen molar-refractivity contribution in [3.63, 3.8) is 0 Å². The molecular weight excluding hydrogens is 753 g/mol. The van der Waals surface area contributed by atoms with E-state index in [1.807, 2.05) is 74.5 Å². The van der Waals surface area contributed by atoms with Crippen molar-refractivity contribution >= 4 is 54.3 Å². The Kier molecular flexibility index (Phi) is 8.05. The van der Waals surface area contributed by atoms with Crippen LogP contribution in [0.4, 0.5) is 0 Å². The monoisotopic (exact) mass is 784 g/mol. The molecular formula is C43H30IrN2O-2. The van der Waals surface area contributed by atoms with Crippen LogP contribution < -0.4 is 0 Å². The zero-order valence-corrected chi connectivity index (χ0v) is 28.3. The average molecular weight is 784 g/mol. The predicted octanol–water partition coefficient (Wildman–Crippen LogP) is 11.6. The molecule has 0 aliphatic heterocycles. The largest absolute Gasteiger partial charge is 0.501 e. The second-order valence-corrected chi connectivity index (χ2v) is 11.6. The maximum absolute atomic E-state index is 8.44. The first-order valence-electron chi connectivity index (χ1n) is 15.9. The van der Waals surface area contributed by atoms with Crippen LogP contribution in [0, 0.1) is 12.1 Å². The number of nitrogens with zero attached hydrogens (tertiary/aromatic N) is 2. The van der Waals surface area contributed by atoms with Gasteiger partial charge < -0.3 is 14.4 Å². The van der Waals surface area contributed by atoms with Crippen LogP contribution in [0.1, 0.15) is 26.7 Å². The van der Waals surface area contributed by atoms with E-state index in [9.17, 15) is 0 Å². The average Bonchev–Trinajstić information content (AvgIpc) is 3.49. The van der Waals surface area contributed by atoms with Crippen LogP contribution >= 0.6 is 0 Å². The van der Waals surface area contributed by atoms with Gasteiger partial charge in [0.15, 0.2) is 0 Å². The van der Waals surface area contributed by atoms with Gasteiger partial charge in [0.1, 0.15) is 5.58 Å². The minimum atomic E-state index is -0.709. The molecule has 0 bridgehead atoms. The first-order chi connectivity index (χ1) is 23.0. The van der Waals surface area contributed by atoms with Crippen molar-refractivity contribution in [2.24, 2.45) is 0 Å². The molecule has 0 aliphatic carbocycles. The second kappa shape index (κ2) is 12.9. The van der Waals surface area contributed by atoms with Gasteiger partial charge in [0.25, 0.3) is 0 Å². The van der Waals surface area contributed by atoms with Gasteiger partial charge in [0.2, 0.25) is 0 Å². The van der Waals surface area contributed by atoms with E-state index in [0.717, 1.165) is 50.0 Å². The molecule has 6 aromatic carbocycles. The molecule has 0 N–H and O–H groups in total. The zero-order valence-electron chi connectivity index (χ0n) is 26.9. The number of benzene rings is 6. The molecule has 0 saturated carbocycles. The van der Waals surface area contributed by atoms with Gasteiger partial charge in [-0.3, -0.25) is 0 Å². The summed E-state index contributed by atoms with van der Waals surface area (Å²) in [6.07, 6.45) is 3.55. The Morgan fingerprint density at radius 3 is 1.89 bits per heavy atom. The number of hydrogen-bond donors (Lipinski definition) is 0. The summed E-state index contributed by atoms with van der Waals surface area (Å²) in [6, 6.07) is 49.7.